The number of carbonyl (C=O) groups is 1. The Bertz CT molecular complexity index is 532. The fourth-order valence-electron chi connectivity index (χ4n) is 4.51. The number of fused-ring (bicyclic) bond motifs is 2. The summed E-state index contributed by atoms with van der Waals surface area (Å²) in [5, 5.41) is 6.75. The molecule has 2 bridgehead atoms. The van der Waals surface area contributed by atoms with Crippen LogP contribution in [0.1, 0.15) is 46.0 Å². The van der Waals surface area contributed by atoms with Gasteiger partial charge in [-0.15, -0.1) is 0 Å². The highest BCUT2D eigenvalue weighted by molar-refractivity contribution is 6.30. The molecule has 2 amide bonds. The van der Waals surface area contributed by atoms with Crippen LogP contribution in [-0.4, -0.2) is 30.2 Å². The number of urea groups is 1. The highest BCUT2D eigenvalue weighted by Crippen LogP contribution is 2.23. The zero-order valence-corrected chi connectivity index (χ0v) is 14.7. The molecule has 4 atom stereocenters. The quantitative estimate of drug-likeness (QED) is 0.781. The molecule has 23 heavy (non-hydrogen) atoms. The SMILES string of the molecule is CC(C)[NH+]1[C@@H]2CCC[C@H]1CC(NC(=O)Nc1ccc(Cl)cc1)C2. The molecule has 0 saturated carbocycles. The Labute approximate surface area is 143 Å². The van der Waals surface area contributed by atoms with E-state index in [2.05, 4.69) is 24.5 Å². The van der Waals surface area contributed by atoms with Gasteiger partial charge in [-0.3, -0.25) is 0 Å². The highest BCUT2D eigenvalue weighted by Gasteiger charge is 2.43. The van der Waals surface area contributed by atoms with E-state index in [1.54, 1.807) is 17.0 Å². The molecule has 2 aliphatic rings. The van der Waals surface area contributed by atoms with Crippen molar-refractivity contribution in [1.82, 2.24) is 5.32 Å². The van der Waals surface area contributed by atoms with Crippen molar-refractivity contribution in [2.24, 2.45) is 0 Å². The van der Waals surface area contributed by atoms with Crippen molar-refractivity contribution in [1.29, 1.82) is 0 Å². The second kappa shape index (κ2) is 7.10. The van der Waals surface area contributed by atoms with Gasteiger partial charge in [0.15, 0.2) is 0 Å². The summed E-state index contributed by atoms with van der Waals surface area (Å²) in [6.07, 6.45) is 6.12. The molecular formula is C18H27ClN3O+. The monoisotopic (exact) mass is 336 g/mol. The number of amides is 2. The molecule has 2 saturated heterocycles. The molecule has 3 rings (SSSR count). The molecular weight excluding hydrogens is 310 g/mol. The molecule has 4 nitrogen and oxygen atoms in total. The second-order valence-electron chi connectivity index (χ2n) is 7.25. The largest absolute Gasteiger partial charge is 0.335 e. The lowest BCUT2D eigenvalue weighted by Crippen LogP contribution is -3.23. The highest BCUT2D eigenvalue weighted by atomic mass is 35.5. The van der Waals surface area contributed by atoms with Crippen LogP contribution in [0.3, 0.4) is 0 Å². The maximum absolute atomic E-state index is 12.2. The van der Waals surface area contributed by atoms with Gasteiger partial charge in [-0.2, -0.15) is 0 Å². The van der Waals surface area contributed by atoms with E-state index < -0.39 is 0 Å². The number of benzene rings is 1. The van der Waals surface area contributed by atoms with Gasteiger partial charge in [0.1, 0.15) is 0 Å². The third kappa shape index (κ3) is 3.99. The maximum atomic E-state index is 12.2. The van der Waals surface area contributed by atoms with Gasteiger partial charge in [-0.1, -0.05) is 11.6 Å². The molecule has 1 aromatic carbocycles. The number of carbonyl (C=O) groups excluding carboxylic acids is 1. The molecule has 126 valence electrons. The molecule has 2 aliphatic heterocycles. The Morgan fingerprint density at radius 3 is 2.35 bits per heavy atom. The first kappa shape index (κ1) is 16.6. The number of halogens is 1. The molecule has 0 aliphatic carbocycles. The molecule has 0 aromatic heterocycles. The van der Waals surface area contributed by atoms with E-state index in [-0.39, 0.29) is 6.03 Å². The van der Waals surface area contributed by atoms with Gasteiger partial charge in [0.2, 0.25) is 0 Å². The number of hydrogen-bond acceptors (Lipinski definition) is 1. The van der Waals surface area contributed by atoms with Crippen LogP contribution in [0.25, 0.3) is 0 Å². The first-order valence-corrected chi connectivity index (χ1v) is 9.10. The summed E-state index contributed by atoms with van der Waals surface area (Å²) in [7, 11) is 0. The Morgan fingerprint density at radius 2 is 1.78 bits per heavy atom. The second-order valence-corrected chi connectivity index (χ2v) is 7.69. The molecule has 1 aromatic rings. The summed E-state index contributed by atoms with van der Waals surface area (Å²) in [5.41, 5.74) is 0.775. The summed E-state index contributed by atoms with van der Waals surface area (Å²) < 4.78 is 0. The van der Waals surface area contributed by atoms with Crippen LogP contribution >= 0.6 is 11.6 Å². The van der Waals surface area contributed by atoms with Crippen LogP contribution < -0.4 is 15.5 Å². The van der Waals surface area contributed by atoms with Crippen molar-refractivity contribution in [3.05, 3.63) is 29.3 Å². The Morgan fingerprint density at radius 1 is 1.17 bits per heavy atom. The molecule has 5 heteroatoms. The maximum Gasteiger partial charge on any atom is 0.319 e. The molecule has 0 spiro atoms. The standard InChI is InChI=1S/C18H26ClN3O/c1-12(2)22-16-4-3-5-17(22)11-15(10-16)21-18(23)20-14-8-6-13(19)7-9-14/h6-9,12,15-17H,3-5,10-11H2,1-2H3,(H2,20,21,23)/p+1/t15?,16-,17+. The number of anilines is 1. The van der Waals surface area contributed by atoms with E-state index >= 15 is 0 Å². The lowest BCUT2D eigenvalue weighted by atomic mass is 9.81. The van der Waals surface area contributed by atoms with Crippen molar-refractivity contribution in [3.63, 3.8) is 0 Å². The van der Waals surface area contributed by atoms with Gasteiger partial charge in [0, 0.05) is 29.6 Å². The average molecular weight is 337 g/mol. The predicted molar refractivity (Wildman–Crippen MR) is 94.2 cm³/mol. The van der Waals surface area contributed by atoms with Crippen LogP contribution in [0, 0.1) is 0 Å². The predicted octanol–water partition coefficient (Wildman–Crippen LogP) is 2.84. The van der Waals surface area contributed by atoms with E-state index in [1.165, 1.54) is 19.3 Å². The number of hydrogen-bond donors (Lipinski definition) is 3. The first-order chi connectivity index (χ1) is 11.0. The fourth-order valence-corrected chi connectivity index (χ4v) is 4.64. The van der Waals surface area contributed by atoms with Gasteiger partial charge in [0.05, 0.1) is 18.1 Å². The summed E-state index contributed by atoms with van der Waals surface area (Å²) in [5.74, 6) is 0. The van der Waals surface area contributed by atoms with Crippen molar-refractivity contribution in [2.75, 3.05) is 5.32 Å². The van der Waals surface area contributed by atoms with Crippen molar-refractivity contribution in [2.45, 2.75) is 70.1 Å². The summed E-state index contributed by atoms with van der Waals surface area (Å²) in [6, 6.07) is 9.46. The van der Waals surface area contributed by atoms with Crippen LogP contribution in [0.5, 0.6) is 0 Å². The molecule has 2 unspecified atom stereocenters. The van der Waals surface area contributed by atoms with E-state index in [0.29, 0.717) is 29.2 Å². The minimum atomic E-state index is -0.108. The third-order valence-electron chi connectivity index (χ3n) is 5.29. The topological polar surface area (TPSA) is 45.6 Å². The van der Waals surface area contributed by atoms with Crippen LogP contribution in [0.4, 0.5) is 10.5 Å². The Hall–Kier alpha value is -1.26. The summed E-state index contributed by atoms with van der Waals surface area (Å²) in [4.78, 5) is 14.0. The minimum Gasteiger partial charge on any atom is -0.335 e. The minimum absolute atomic E-state index is 0.108. The van der Waals surface area contributed by atoms with Crippen LogP contribution in [-0.2, 0) is 0 Å². The van der Waals surface area contributed by atoms with E-state index in [0.717, 1.165) is 18.5 Å². The van der Waals surface area contributed by atoms with Gasteiger partial charge < -0.3 is 15.5 Å². The molecule has 3 N–H and O–H groups in total. The fraction of sp³-hybridized carbons (Fsp3) is 0.611. The first-order valence-electron chi connectivity index (χ1n) is 8.72. The van der Waals surface area contributed by atoms with Crippen LogP contribution in [0.2, 0.25) is 5.02 Å². The van der Waals surface area contributed by atoms with Crippen molar-refractivity contribution in [3.8, 4) is 0 Å². The van der Waals surface area contributed by atoms with Gasteiger partial charge in [0.25, 0.3) is 0 Å². The summed E-state index contributed by atoms with van der Waals surface area (Å²) in [6.45, 7) is 4.64. The summed E-state index contributed by atoms with van der Waals surface area (Å²) >= 11 is 5.87. The molecule has 0 radical (unpaired) electrons. The molecule has 2 heterocycles. The molecule has 2 fully saturated rings. The van der Waals surface area contributed by atoms with Gasteiger partial charge in [-0.05, 0) is 57.4 Å². The number of quaternary nitrogens is 1. The average Bonchev–Trinajstić information content (AvgIpc) is 2.48. The smallest absolute Gasteiger partial charge is 0.319 e. The van der Waals surface area contributed by atoms with E-state index in [9.17, 15) is 4.79 Å². The number of rotatable bonds is 3. The van der Waals surface area contributed by atoms with Crippen molar-refractivity contribution < 1.29 is 9.69 Å². The lowest BCUT2D eigenvalue weighted by molar-refractivity contribution is -0.980. The van der Waals surface area contributed by atoms with E-state index in [4.69, 9.17) is 11.6 Å². The Balaban J connectivity index is 1.56. The van der Waals surface area contributed by atoms with Crippen LogP contribution in [0.15, 0.2) is 24.3 Å². The lowest BCUT2D eigenvalue weighted by Gasteiger charge is -2.47. The van der Waals surface area contributed by atoms with Crippen molar-refractivity contribution >= 4 is 23.3 Å². The zero-order valence-electron chi connectivity index (χ0n) is 13.9. The van der Waals surface area contributed by atoms with E-state index in [1.807, 2.05) is 12.1 Å². The third-order valence-corrected chi connectivity index (χ3v) is 5.54. The zero-order chi connectivity index (χ0) is 16.4. The van der Waals surface area contributed by atoms with Gasteiger partial charge >= 0.3 is 6.03 Å². The number of nitrogens with one attached hydrogen (secondary N) is 3. The number of piperidine rings is 2. The Kier molecular flexibility index (Phi) is 5.12. The normalized spacial score (nSPS) is 30.1. The van der Waals surface area contributed by atoms with Gasteiger partial charge in [-0.25, -0.2) is 4.79 Å².